The summed E-state index contributed by atoms with van der Waals surface area (Å²) < 4.78 is 2.15. The second-order valence-corrected chi connectivity index (χ2v) is 6.47. The Morgan fingerprint density at radius 3 is 2.67 bits per heavy atom. The molecule has 1 fully saturated rings. The summed E-state index contributed by atoms with van der Waals surface area (Å²) in [5.41, 5.74) is 0.859. The average Bonchev–Trinajstić information content (AvgIpc) is 2.38. The van der Waals surface area contributed by atoms with E-state index in [2.05, 4.69) is 38.2 Å². The topological polar surface area (TPSA) is 53.4 Å². The first kappa shape index (κ1) is 16.5. The third kappa shape index (κ3) is 3.84. The molecule has 2 heterocycles. The average molecular weight is 358 g/mol. The fourth-order valence-corrected chi connectivity index (χ4v) is 2.88. The fraction of sp³-hybridized carbons (Fsp3) is 0.714. The number of rotatable bonds is 7. The minimum absolute atomic E-state index is 0.0530. The zero-order valence-corrected chi connectivity index (χ0v) is 14.6. The quantitative estimate of drug-likeness (QED) is 0.780. The normalized spacial score (nSPS) is 15.3. The zero-order chi connectivity index (χ0) is 15.4. The Hall–Kier alpha value is -0.920. The third-order valence-corrected chi connectivity index (χ3v) is 4.45. The monoisotopic (exact) mass is 357 g/mol. The molecule has 7 heteroatoms. The van der Waals surface area contributed by atoms with Gasteiger partial charge in [0.2, 0.25) is 0 Å². The van der Waals surface area contributed by atoms with Gasteiger partial charge in [-0.3, -0.25) is 4.79 Å². The van der Waals surface area contributed by atoms with Crippen molar-refractivity contribution >= 4 is 21.6 Å². The number of anilines is 1. The summed E-state index contributed by atoms with van der Waals surface area (Å²) in [6, 6.07) is 0.458. The van der Waals surface area contributed by atoms with Gasteiger partial charge < -0.3 is 15.1 Å². The lowest BCUT2D eigenvalue weighted by Crippen LogP contribution is -2.58. The number of halogens is 1. The van der Waals surface area contributed by atoms with Crippen molar-refractivity contribution in [1.29, 1.82) is 0 Å². The summed E-state index contributed by atoms with van der Waals surface area (Å²) in [7, 11) is 3.97. The van der Waals surface area contributed by atoms with E-state index >= 15 is 0 Å². The molecule has 0 spiro atoms. The SMILES string of the molecule is CCCN(c1cnn(CCN(C)C)c(=O)c1Br)C1CNC1. The number of hydrogen-bond donors (Lipinski definition) is 1. The van der Waals surface area contributed by atoms with Gasteiger partial charge in [0, 0.05) is 26.2 Å². The van der Waals surface area contributed by atoms with Gasteiger partial charge in [0.05, 0.1) is 24.5 Å². The van der Waals surface area contributed by atoms with Crippen LogP contribution in [0.3, 0.4) is 0 Å². The van der Waals surface area contributed by atoms with Crippen molar-refractivity contribution in [1.82, 2.24) is 20.0 Å². The highest BCUT2D eigenvalue weighted by Crippen LogP contribution is 2.25. The molecule has 1 aromatic heterocycles. The highest BCUT2D eigenvalue weighted by Gasteiger charge is 2.26. The van der Waals surface area contributed by atoms with Gasteiger partial charge in [0.1, 0.15) is 4.47 Å². The smallest absolute Gasteiger partial charge is 0.283 e. The van der Waals surface area contributed by atoms with E-state index in [1.54, 1.807) is 0 Å². The summed E-state index contributed by atoms with van der Waals surface area (Å²) in [4.78, 5) is 16.8. The molecule has 0 aromatic carbocycles. The van der Waals surface area contributed by atoms with Crippen LogP contribution in [-0.4, -0.2) is 61.0 Å². The molecule has 0 saturated carbocycles. The van der Waals surface area contributed by atoms with E-state index in [-0.39, 0.29) is 5.56 Å². The molecular formula is C14H24BrN5O. The molecule has 0 radical (unpaired) electrons. The maximum Gasteiger partial charge on any atom is 0.283 e. The first-order valence-corrected chi connectivity index (χ1v) is 8.21. The molecule has 1 aromatic rings. The molecule has 1 aliphatic rings. The molecule has 2 rings (SSSR count). The Labute approximate surface area is 134 Å². The van der Waals surface area contributed by atoms with E-state index in [9.17, 15) is 4.79 Å². The Balaban J connectivity index is 2.23. The third-order valence-electron chi connectivity index (χ3n) is 3.70. The molecule has 0 atom stereocenters. The second kappa shape index (κ2) is 7.38. The van der Waals surface area contributed by atoms with Crippen LogP contribution >= 0.6 is 15.9 Å². The zero-order valence-electron chi connectivity index (χ0n) is 13.0. The van der Waals surface area contributed by atoms with Crippen LogP contribution in [0.5, 0.6) is 0 Å². The van der Waals surface area contributed by atoms with Gasteiger partial charge >= 0.3 is 0 Å². The second-order valence-electron chi connectivity index (χ2n) is 5.68. The summed E-state index contributed by atoms with van der Waals surface area (Å²) in [6.45, 7) is 6.42. The Bertz CT molecular complexity index is 527. The largest absolute Gasteiger partial charge is 0.364 e. The van der Waals surface area contributed by atoms with E-state index in [0.29, 0.717) is 17.1 Å². The summed E-state index contributed by atoms with van der Waals surface area (Å²) in [6.07, 6.45) is 2.86. The van der Waals surface area contributed by atoms with Crippen LogP contribution in [0.1, 0.15) is 13.3 Å². The molecule has 1 saturated heterocycles. The lowest BCUT2D eigenvalue weighted by molar-refractivity contribution is 0.366. The molecule has 6 nitrogen and oxygen atoms in total. The van der Waals surface area contributed by atoms with E-state index < -0.39 is 0 Å². The molecule has 1 aliphatic heterocycles. The van der Waals surface area contributed by atoms with Crippen molar-refractivity contribution < 1.29 is 0 Å². The minimum atomic E-state index is -0.0530. The molecule has 0 amide bonds. The summed E-state index contributed by atoms with van der Waals surface area (Å²) >= 11 is 3.48. The summed E-state index contributed by atoms with van der Waals surface area (Å²) in [5.74, 6) is 0. The van der Waals surface area contributed by atoms with Crippen LogP contribution in [0.4, 0.5) is 5.69 Å². The van der Waals surface area contributed by atoms with Gasteiger partial charge in [0.25, 0.3) is 5.56 Å². The van der Waals surface area contributed by atoms with E-state index in [0.717, 1.165) is 38.3 Å². The summed E-state index contributed by atoms with van der Waals surface area (Å²) in [5, 5.41) is 7.62. The molecule has 0 unspecified atom stereocenters. The van der Waals surface area contributed by atoms with Crippen LogP contribution in [0.15, 0.2) is 15.5 Å². The van der Waals surface area contributed by atoms with Gasteiger partial charge in [-0.2, -0.15) is 5.10 Å². The van der Waals surface area contributed by atoms with Crippen molar-refractivity contribution in [3.8, 4) is 0 Å². The van der Waals surface area contributed by atoms with Crippen molar-refractivity contribution in [3.63, 3.8) is 0 Å². The molecule has 1 N–H and O–H groups in total. The molecule has 118 valence electrons. The highest BCUT2D eigenvalue weighted by atomic mass is 79.9. The van der Waals surface area contributed by atoms with Gasteiger partial charge in [0.15, 0.2) is 0 Å². The molecule has 0 bridgehead atoms. The van der Waals surface area contributed by atoms with Crippen LogP contribution in [0.2, 0.25) is 0 Å². The lowest BCUT2D eigenvalue weighted by atomic mass is 10.1. The number of likely N-dealkylation sites (N-methyl/N-ethyl adjacent to an activating group) is 1. The predicted octanol–water partition coefficient (Wildman–Crippen LogP) is 0.756. The van der Waals surface area contributed by atoms with Crippen LogP contribution in [-0.2, 0) is 6.54 Å². The lowest BCUT2D eigenvalue weighted by Gasteiger charge is -2.40. The fourth-order valence-electron chi connectivity index (χ4n) is 2.35. The standard InChI is InChI=1S/C14H24BrN5O/c1-4-5-19(11-8-16-9-11)12-10-17-20(7-6-18(2)3)14(21)13(12)15/h10-11,16H,4-9H2,1-3H3. The van der Waals surface area contributed by atoms with Crippen molar-refractivity contribution in [2.24, 2.45) is 0 Å². The highest BCUT2D eigenvalue weighted by molar-refractivity contribution is 9.10. The maximum atomic E-state index is 12.4. The van der Waals surface area contributed by atoms with Gasteiger partial charge in [-0.15, -0.1) is 0 Å². The van der Waals surface area contributed by atoms with Gasteiger partial charge in [-0.25, -0.2) is 4.68 Å². The van der Waals surface area contributed by atoms with Crippen molar-refractivity contribution in [3.05, 3.63) is 21.0 Å². The first-order valence-electron chi connectivity index (χ1n) is 7.42. The van der Waals surface area contributed by atoms with Crippen LogP contribution in [0, 0.1) is 0 Å². The molecular weight excluding hydrogens is 334 g/mol. The van der Waals surface area contributed by atoms with Crippen molar-refractivity contribution in [2.45, 2.75) is 25.9 Å². The number of aromatic nitrogens is 2. The number of nitrogens with one attached hydrogen (secondary N) is 1. The van der Waals surface area contributed by atoms with Crippen LogP contribution in [0.25, 0.3) is 0 Å². The number of nitrogens with zero attached hydrogens (tertiary/aromatic N) is 4. The Morgan fingerprint density at radius 1 is 1.43 bits per heavy atom. The molecule has 0 aliphatic carbocycles. The first-order chi connectivity index (χ1) is 10.0. The van der Waals surface area contributed by atoms with Crippen molar-refractivity contribution in [2.75, 3.05) is 45.2 Å². The number of hydrogen-bond acceptors (Lipinski definition) is 5. The Kier molecular flexibility index (Phi) is 5.78. The predicted molar refractivity (Wildman–Crippen MR) is 89.0 cm³/mol. The Morgan fingerprint density at radius 2 is 2.14 bits per heavy atom. The van der Waals surface area contributed by atoms with Gasteiger partial charge in [-0.05, 0) is 36.4 Å². The van der Waals surface area contributed by atoms with Crippen LogP contribution < -0.4 is 15.8 Å². The van der Waals surface area contributed by atoms with E-state index in [1.807, 2.05) is 25.2 Å². The van der Waals surface area contributed by atoms with E-state index in [4.69, 9.17) is 0 Å². The van der Waals surface area contributed by atoms with Gasteiger partial charge in [-0.1, -0.05) is 6.92 Å². The molecule has 21 heavy (non-hydrogen) atoms. The van der Waals surface area contributed by atoms with E-state index in [1.165, 1.54) is 4.68 Å². The minimum Gasteiger partial charge on any atom is -0.364 e. The maximum absolute atomic E-state index is 12.4.